The number of nitrogens with two attached hydrogens (primary N) is 3. The first kappa shape index (κ1) is 9.92. The van der Waals surface area contributed by atoms with Crippen LogP contribution in [0.15, 0.2) is 0 Å². The van der Waals surface area contributed by atoms with E-state index in [1.807, 2.05) is 0 Å². The van der Waals surface area contributed by atoms with Gasteiger partial charge in [0.2, 0.25) is 0 Å². The summed E-state index contributed by atoms with van der Waals surface area (Å²) in [6, 6.07) is 0. The average Bonchev–Trinajstić information content (AvgIpc) is 2.16. The van der Waals surface area contributed by atoms with Crippen LogP contribution in [0.5, 0.6) is 0 Å². The van der Waals surface area contributed by atoms with E-state index in [2.05, 4.69) is 5.43 Å². The summed E-state index contributed by atoms with van der Waals surface area (Å²) in [5.74, 6) is 6.33. The summed E-state index contributed by atoms with van der Waals surface area (Å²) in [7, 11) is 0. The first-order chi connectivity index (χ1) is 5.79. The zero-order valence-corrected chi connectivity index (χ0v) is 7.50. The zero-order valence-electron chi connectivity index (χ0n) is 7.50. The Kier molecular flexibility index (Phi) is 3.94. The van der Waals surface area contributed by atoms with Crippen LogP contribution in [0.1, 0.15) is 25.7 Å². The number of hydrogen-bond donors (Lipinski definition) is 4. The van der Waals surface area contributed by atoms with E-state index in [1.54, 1.807) is 0 Å². The van der Waals surface area contributed by atoms with E-state index in [-0.39, 0.29) is 6.17 Å². The van der Waals surface area contributed by atoms with Crippen LogP contribution in [-0.4, -0.2) is 12.7 Å². The van der Waals surface area contributed by atoms with Crippen LogP contribution in [0.3, 0.4) is 0 Å². The van der Waals surface area contributed by atoms with Crippen molar-refractivity contribution in [2.45, 2.75) is 31.8 Å². The van der Waals surface area contributed by atoms with Crippen LogP contribution in [-0.2, 0) is 0 Å². The summed E-state index contributed by atoms with van der Waals surface area (Å²) in [5.41, 5.74) is 14.1. The van der Waals surface area contributed by atoms with E-state index in [0.717, 1.165) is 13.0 Å². The van der Waals surface area contributed by atoms with Gasteiger partial charge in [-0.3, -0.25) is 5.84 Å². The van der Waals surface area contributed by atoms with E-state index >= 15 is 0 Å². The molecule has 7 N–H and O–H groups in total. The molecule has 4 nitrogen and oxygen atoms in total. The highest BCUT2D eigenvalue weighted by atomic mass is 15.3. The van der Waals surface area contributed by atoms with Crippen molar-refractivity contribution < 1.29 is 0 Å². The van der Waals surface area contributed by atoms with Crippen LogP contribution < -0.4 is 22.7 Å². The molecule has 0 amide bonds. The fourth-order valence-corrected chi connectivity index (χ4v) is 2.13. The third-order valence-electron chi connectivity index (χ3n) is 2.92. The molecule has 0 radical (unpaired) electrons. The van der Waals surface area contributed by atoms with Crippen molar-refractivity contribution in [1.82, 2.24) is 5.43 Å². The van der Waals surface area contributed by atoms with Crippen molar-refractivity contribution in [2.75, 3.05) is 6.54 Å². The molecule has 0 heterocycles. The minimum atomic E-state index is -0.0844. The third kappa shape index (κ3) is 2.17. The molecule has 0 aromatic rings. The Morgan fingerprint density at radius 2 is 2.00 bits per heavy atom. The maximum atomic E-state index is 5.82. The highest BCUT2D eigenvalue weighted by molar-refractivity contribution is 4.81. The minimum absolute atomic E-state index is 0.0844. The van der Waals surface area contributed by atoms with E-state index < -0.39 is 0 Å². The average molecular weight is 172 g/mol. The van der Waals surface area contributed by atoms with Gasteiger partial charge in [-0.1, -0.05) is 12.8 Å². The van der Waals surface area contributed by atoms with Gasteiger partial charge in [0.1, 0.15) is 0 Å². The maximum Gasteiger partial charge on any atom is 0.0708 e. The largest absolute Gasteiger partial charge is 0.330 e. The van der Waals surface area contributed by atoms with Gasteiger partial charge in [-0.15, -0.1) is 0 Å². The monoisotopic (exact) mass is 172 g/mol. The zero-order chi connectivity index (χ0) is 8.97. The Morgan fingerprint density at radius 3 is 2.58 bits per heavy atom. The van der Waals surface area contributed by atoms with Crippen molar-refractivity contribution in [3.63, 3.8) is 0 Å². The molecule has 4 heteroatoms. The molecule has 12 heavy (non-hydrogen) atoms. The lowest BCUT2D eigenvalue weighted by Crippen LogP contribution is -2.51. The smallest absolute Gasteiger partial charge is 0.0708 e. The minimum Gasteiger partial charge on any atom is -0.330 e. The van der Waals surface area contributed by atoms with Crippen LogP contribution in [0.4, 0.5) is 0 Å². The normalized spacial score (nSPS) is 33.2. The molecule has 1 fully saturated rings. The lowest BCUT2D eigenvalue weighted by atomic mass is 9.78. The Bertz CT molecular complexity index is 128. The van der Waals surface area contributed by atoms with Crippen LogP contribution in [0.25, 0.3) is 0 Å². The molecular weight excluding hydrogens is 152 g/mol. The summed E-state index contributed by atoms with van der Waals surface area (Å²) < 4.78 is 0. The number of hydrogen-bond acceptors (Lipinski definition) is 4. The van der Waals surface area contributed by atoms with E-state index in [9.17, 15) is 0 Å². The van der Waals surface area contributed by atoms with Gasteiger partial charge in [0.15, 0.2) is 0 Å². The Balaban J connectivity index is 2.46. The molecule has 3 unspecified atom stereocenters. The number of rotatable bonds is 3. The van der Waals surface area contributed by atoms with Crippen LogP contribution >= 0.6 is 0 Å². The topological polar surface area (TPSA) is 90.1 Å². The van der Waals surface area contributed by atoms with Crippen molar-refractivity contribution >= 4 is 0 Å². The molecule has 0 bridgehead atoms. The summed E-state index contributed by atoms with van der Waals surface area (Å²) in [5, 5.41) is 0. The first-order valence-electron chi connectivity index (χ1n) is 4.71. The highest BCUT2D eigenvalue weighted by Crippen LogP contribution is 2.30. The predicted molar refractivity (Wildman–Crippen MR) is 49.8 cm³/mol. The van der Waals surface area contributed by atoms with Crippen molar-refractivity contribution in [3.8, 4) is 0 Å². The Labute approximate surface area is 73.8 Å². The number of hydrazine groups is 1. The SMILES string of the molecule is NCC1CCCCC1C(N)NN. The molecule has 72 valence electrons. The molecule has 1 aliphatic rings. The Morgan fingerprint density at radius 1 is 1.33 bits per heavy atom. The van der Waals surface area contributed by atoms with Gasteiger partial charge in [0, 0.05) is 0 Å². The van der Waals surface area contributed by atoms with Gasteiger partial charge in [-0.05, 0) is 31.2 Å². The van der Waals surface area contributed by atoms with Crippen molar-refractivity contribution in [3.05, 3.63) is 0 Å². The van der Waals surface area contributed by atoms with Gasteiger partial charge < -0.3 is 11.5 Å². The molecule has 3 atom stereocenters. The molecule has 0 aromatic heterocycles. The van der Waals surface area contributed by atoms with Gasteiger partial charge >= 0.3 is 0 Å². The molecular formula is C8H20N4. The van der Waals surface area contributed by atoms with Crippen LogP contribution in [0.2, 0.25) is 0 Å². The fourth-order valence-electron chi connectivity index (χ4n) is 2.13. The standard InChI is InChI=1S/C8H20N4/c9-5-6-3-1-2-4-7(6)8(10)12-11/h6-8,12H,1-5,9-11H2. The summed E-state index contributed by atoms with van der Waals surface area (Å²) >= 11 is 0. The van der Waals surface area contributed by atoms with Gasteiger partial charge in [0.25, 0.3) is 0 Å². The highest BCUT2D eigenvalue weighted by Gasteiger charge is 2.28. The molecule has 1 saturated carbocycles. The van der Waals surface area contributed by atoms with E-state index in [0.29, 0.717) is 11.8 Å². The second-order valence-electron chi connectivity index (χ2n) is 3.64. The predicted octanol–water partition coefficient (Wildman–Crippen LogP) is -0.500. The molecule has 0 aliphatic heterocycles. The molecule has 0 saturated heterocycles. The summed E-state index contributed by atoms with van der Waals surface area (Å²) in [6.07, 6.45) is 4.83. The Hall–Kier alpha value is -0.160. The molecule has 0 spiro atoms. The fraction of sp³-hybridized carbons (Fsp3) is 1.00. The quantitative estimate of drug-likeness (QED) is 0.262. The third-order valence-corrected chi connectivity index (χ3v) is 2.92. The maximum absolute atomic E-state index is 5.82. The van der Waals surface area contributed by atoms with E-state index in [1.165, 1.54) is 19.3 Å². The second-order valence-corrected chi connectivity index (χ2v) is 3.64. The summed E-state index contributed by atoms with van der Waals surface area (Å²) in [6.45, 7) is 0.736. The lowest BCUT2D eigenvalue weighted by molar-refractivity contribution is 0.188. The second kappa shape index (κ2) is 4.77. The van der Waals surface area contributed by atoms with Gasteiger partial charge in [0.05, 0.1) is 6.17 Å². The first-order valence-corrected chi connectivity index (χ1v) is 4.71. The molecule has 0 aromatic carbocycles. The van der Waals surface area contributed by atoms with Crippen molar-refractivity contribution in [1.29, 1.82) is 0 Å². The van der Waals surface area contributed by atoms with Gasteiger partial charge in [-0.2, -0.15) is 0 Å². The lowest BCUT2D eigenvalue weighted by Gasteiger charge is -2.34. The van der Waals surface area contributed by atoms with Gasteiger partial charge in [-0.25, -0.2) is 5.43 Å². The van der Waals surface area contributed by atoms with Crippen LogP contribution in [0, 0.1) is 11.8 Å². The number of nitrogens with one attached hydrogen (secondary N) is 1. The van der Waals surface area contributed by atoms with E-state index in [4.69, 9.17) is 17.3 Å². The summed E-state index contributed by atoms with van der Waals surface area (Å²) in [4.78, 5) is 0. The molecule has 1 aliphatic carbocycles. The molecule has 1 rings (SSSR count). The van der Waals surface area contributed by atoms with Crippen molar-refractivity contribution in [2.24, 2.45) is 29.1 Å².